The normalized spacial score (nSPS) is 15.6. The molecular formula is C17H27NO. The van der Waals surface area contributed by atoms with Crippen molar-refractivity contribution in [3.05, 3.63) is 28.8 Å². The smallest absolute Gasteiger partial charge is 0.122 e. The van der Waals surface area contributed by atoms with Crippen LogP contribution in [0.2, 0.25) is 0 Å². The van der Waals surface area contributed by atoms with Crippen LogP contribution >= 0.6 is 0 Å². The first-order valence-corrected chi connectivity index (χ1v) is 7.42. The first kappa shape index (κ1) is 14.4. The monoisotopic (exact) mass is 261 g/mol. The molecule has 0 saturated heterocycles. The Bertz CT molecular complexity index is 447. The second-order valence-corrected chi connectivity index (χ2v) is 6.40. The molecule has 2 nitrogen and oxygen atoms in total. The summed E-state index contributed by atoms with van der Waals surface area (Å²) in [5.74, 6) is 1.02. The van der Waals surface area contributed by atoms with E-state index in [9.17, 15) is 0 Å². The summed E-state index contributed by atoms with van der Waals surface area (Å²) >= 11 is 0. The van der Waals surface area contributed by atoms with Crippen LogP contribution < -0.4 is 10.1 Å². The molecule has 0 aliphatic heterocycles. The van der Waals surface area contributed by atoms with Crippen molar-refractivity contribution < 1.29 is 4.74 Å². The molecule has 0 heterocycles. The predicted octanol–water partition coefficient (Wildman–Crippen LogP) is 3.73. The average molecular weight is 261 g/mol. The number of hydrogen-bond donors (Lipinski definition) is 1. The van der Waals surface area contributed by atoms with Crippen molar-refractivity contribution in [1.29, 1.82) is 0 Å². The van der Waals surface area contributed by atoms with Crippen molar-refractivity contribution in [2.75, 3.05) is 13.2 Å². The Morgan fingerprint density at radius 3 is 2.47 bits per heavy atom. The zero-order valence-electron chi connectivity index (χ0n) is 13.0. The first-order valence-electron chi connectivity index (χ1n) is 7.42. The van der Waals surface area contributed by atoms with E-state index >= 15 is 0 Å². The Morgan fingerprint density at radius 1 is 1.21 bits per heavy atom. The molecule has 0 bridgehead atoms. The molecule has 0 amide bonds. The van der Waals surface area contributed by atoms with Crippen molar-refractivity contribution in [3.8, 4) is 5.75 Å². The molecule has 0 atom stereocenters. The number of ether oxygens (including phenoxy) is 1. The lowest BCUT2D eigenvalue weighted by Crippen LogP contribution is -2.34. The Morgan fingerprint density at radius 2 is 1.89 bits per heavy atom. The maximum Gasteiger partial charge on any atom is 0.122 e. The fourth-order valence-corrected chi connectivity index (χ4v) is 2.61. The van der Waals surface area contributed by atoms with Crippen LogP contribution in [-0.2, 0) is 5.41 Å². The fraction of sp³-hybridized carbons (Fsp3) is 0.647. The summed E-state index contributed by atoms with van der Waals surface area (Å²) in [7, 11) is 0. The van der Waals surface area contributed by atoms with Crippen LogP contribution in [-0.4, -0.2) is 19.2 Å². The number of rotatable bonds is 6. The molecule has 2 rings (SSSR count). The van der Waals surface area contributed by atoms with Gasteiger partial charge < -0.3 is 10.1 Å². The highest BCUT2D eigenvalue weighted by Gasteiger charge is 2.27. The molecule has 0 aromatic heterocycles. The van der Waals surface area contributed by atoms with Gasteiger partial charge in [-0.1, -0.05) is 19.9 Å². The lowest BCUT2D eigenvalue weighted by atomic mass is 9.81. The molecule has 0 radical (unpaired) electrons. The Hall–Kier alpha value is -1.02. The molecule has 0 unspecified atom stereocenters. The minimum absolute atomic E-state index is 0.169. The number of benzene rings is 1. The highest BCUT2D eigenvalue weighted by Crippen LogP contribution is 2.32. The topological polar surface area (TPSA) is 21.3 Å². The van der Waals surface area contributed by atoms with Gasteiger partial charge in [0.2, 0.25) is 0 Å². The third-order valence-corrected chi connectivity index (χ3v) is 3.96. The summed E-state index contributed by atoms with van der Waals surface area (Å²) in [6.45, 7) is 12.8. The average Bonchev–Trinajstić information content (AvgIpc) is 3.15. The number of aryl methyl sites for hydroxylation is 2. The molecule has 1 fully saturated rings. The zero-order chi connectivity index (χ0) is 14.0. The molecule has 1 aliphatic carbocycles. The summed E-state index contributed by atoms with van der Waals surface area (Å²) < 4.78 is 5.68. The summed E-state index contributed by atoms with van der Waals surface area (Å²) in [6, 6.07) is 5.26. The van der Waals surface area contributed by atoms with Gasteiger partial charge in [-0.05, 0) is 56.4 Å². The second-order valence-electron chi connectivity index (χ2n) is 6.40. The van der Waals surface area contributed by atoms with E-state index in [-0.39, 0.29) is 5.41 Å². The van der Waals surface area contributed by atoms with E-state index in [2.05, 4.69) is 45.1 Å². The van der Waals surface area contributed by atoms with Crippen LogP contribution in [0, 0.1) is 13.8 Å². The summed E-state index contributed by atoms with van der Waals surface area (Å²) in [6.07, 6.45) is 2.69. The third kappa shape index (κ3) is 3.50. The van der Waals surface area contributed by atoms with E-state index in [1.807, 2.05) is 6.92 Å². The van der Waals surface area contributed by atoms with Gasteiger partial charge in [-0.2, -0.15) is 0 Å². The molecule has 0 spiro atoms. The fourth-order valence-electron chi connectivity index (χ4n) is 2.61. The van der Waals surface area contributed by atoms with Crippen molar-refractivity contribution in [1.82, 2.24) is 5.32 Å². The zero-order valence-corrected chi connectivity index (χ0v) is 13.0. The second kappa shape index (κ2) is 5.54. The van der Waals surface area contributed by atoms with Crippen molar-refractivity contribution >= 4 is 0 Å². The van der Waals surface area contributed by atoms with E-state index in [0.717, 1.165) is 24.9 Å². The quantitative estimate of drug-likeness (QED) is 0.842. The molecular weight excluding hydrogens is 234 g/mol. The SMILES string of the molecule is CCOc1cc(C)c(C(C)(C)CNC2CC2)cc1C. The molecule has 1 aromatic rings. The van der Waals surface area contributed by atoms with Crippen LogP contribution in [0.4, 0.5) is 0 Å². The Balaban J connectivity index is 2.19. The van der Waals surface area contributed by atoms with Crippen molar-refractivity contribution in [2.24, 2.45) is 0 Å². The highest BCUT2D eigenvalue weighted by molar-refractivity contribution is 5.44. The third-order valence-electron chi connectivity index (χ3n) is 3.96. The van der Waals surface area contributed by atoms with E-state index in [4.69, 9.17) is 4.74 Å². The molecule has 1 aromatic carbocycles. The minimum Gasteiger partial charge on any atom is -0.494 e. The highest BCUT2D eigenvalue weighted by atomic mass is 16.5. The Labute approximate surface area is 117 Å². The van der Waals surface area contributed by atoms with Crippen molar-refractivity contribution in [3.63, 3.8) is 0 Å². The van der Waals surface area contributed by atoms with Gasteiger partial charge in [0.05, 0.1) is 6.61 Å². The minimum atomic E-state index is 0.169. The van der Waals surface area contributed by atoms with Gasteiger partial charge in [-0.25, -0.2) is 0 Å². The van der Waals surface area contributed by atoms with Gasteiger partial charge in [0.25, 0.3) is 0 Å². The number of hydrogen-bond acceptors (Lipinski definition) is 2. The van der Waals surface area contributed by atoms with E-state index in [1.165, 1.54) is 29.5 Å². The Kier molecular flexibility index (Phi) is 4.19. The van der Waals surface area contributed by atoms with Crippen LogP contribution in [0.15, 0.2) is 12.1 Å². The standard InChI is InChI=1S/C17H27NO/c1-6-19-16-10-12(2)15(9-13(16)3)17(4,5)11-18-14-7-8-14/h9-10,14,18H,6-8,11H2,1-5H3. The molecule has 1 aliphatic rings. The van der Waals surface area contributed by atoms with E-state index in [1.54, 1.807) is 0 Å². The van der Waals surface area contributed by atoms with E-state index < -0.39 is 0 Å². The molecule has 106 valence electrons. The van der Waals surface area contributed by atoms with E-state index in [0.29, 0.717) is 0 Å². The van der Waals surface area contributed by atoms with Crippen molar-refractivity contribution in [2.45, 2.75) is 58.9 Å². The molecule has 1 saturated carbocycles. The summed E-state index contributed by atoms with van der Waals surface area (Å²) in [4.78, 5) is 0. The van der Waals surface area contributed by atoms with Gasteiger partial charge in [0.1, 0.15) is 5.75 Å². The maximum atomic E-state index is 5.68. The molecule has 19 heavy (non-hydrogen) atoms. The maximum absolute atomic E-state index is 5.68. The van der Waals surface area contributed by atoms with Crippen LogP contribution in [0.3, 0.4) is 0 Å². The van der Waals surface area contributed by atoms with Gasteiger partial charge in [-0.3, -0.25) is 0 Å². The predicted molar refractivity (Wildman–Crippen MR) is 81.1 cm³/mol. The van der Waals surface area contributed by atoms with Gasteiger partial charge in [0.15, 0.2) is 0 Å². The lowest BCUT2D eigenvalue weighted by Gasteiger charge is -2.28. The van der Waals surface area contributed by atoms with Crippen LogP contribution in [0.5, 0.6) is 5.75 Å². The van der Waals surface area contributed by atoms with Gasteiger partial charge >= 0.3 is 0 Å². The van der Waals surface area contributed by atoms with Crippen LogP contribution in [0.1, 0.15) is 50.3 Å². The van der Waals surface area contributed by atoms with Crippen LogP contribution in [0.25, 0.3) is 0 Å². The summed E-state index contributed by atoms with van der Waals surface area (Å²) in [5, 5.41) is 3.65. The molecule has 1 N–H and O–H groups in total. The van der Waals surface area contributed by atoms with Gasteiger partial charge in [-0.15, -0.1) is 0 Å². The number of nitrogens with one attached hydrogen (secondary N) is 1. The summed E-state index contributed by atoms with van der Waals surface area (Å²) in [5.41, 5.74) is 4.17. The first-order chi connectivity index (χ1) is 8.94. The molecule has 2 heteroatoms. The largest absolute Gasteiger partial charge is 0.494 e. The van der Waals surface area contributed by atoms with Gasteiger partial charge in [0, 0.05) is 18.0 Å². The lowest BCUT2D eigenvalue weighted by molar-refractivity contribution is 0.337.